The molecule has 0 aliphatic carbocycles. The second kappa shape index (κ2) is 10.6. The van der Waals surface area contributed by atoms with Gasteiger partial charge in [0.2, 0.25) is 0 Å². The molecule has 0 N–H and O–H groups in total. The van der Waals surface area contributed by atoms with Crippen LogP contribution in [-0.2, 0) is 9.47 Å². The Hall–Kier alpha value is -3.32. The summed E-state index contributed by atoms with van der Waals surface area (Å²) in [4.78, 5) is 27.3. The highest BCUT2D eigenvalue weighted by Gasteiger charge is 2.33. The van der Waals surface area contributed by atoms with Crippen molar-refractivity contribution in [3.63, 3.8) is 0 Å². The first kappa shape index (κ1) is 26.7. The second-order valence-corrected chi connectivity index (χ2v) is 10.8. The number of nitrogens with zero attached hydrogens (tertiary/aromatic N) is 2. The topological polar surface area (TPSA) is 70.0 Å². The highest BCUT2D eigenvalue weighted by molar-refractivity contribution is 5.96. The lowest BCUT2D eigenvalue weighted by atomic mass is 9.87. The molecular formula is C30H38N2O5. The van der Waals surface area contributed by atoms with Gasteiger partial charge in [-0.3, -0.25) is 4.57 Å². The van der Waals surface area contributed by atoms with Gasteiger partial charge in [-0.05, 0) is 82.5 Å². The van der Waals surface area contributed by atoms with Gasteiger partial charge in [0.1, 0.15) is 17.5 Å². The number of rotatable bonds is 5. The maximum absolute atomic E-state index is 12.9. The van der Waals surface area contributed by atoms with E-state index in [2.05, 4.69) is 17.9 Å². The lowest BCUT2D eigenvalue weighted by Gasteiger charge is -2.38. The Morgan fingerprint density at radius 1 is 1.05 bits per heavy atom. The van der Waals surface area contributed by atoms with Gasteiger partial charge >= 0.3 is 12.1 Å². The van der Waals surface area contributed by atoms with Crippen LogP contribution in [0.3, 0.4) is 0 Å². The fourth-order valence-corrected chi connectivity index (χ4v) is 5.19. The van der Waals surface area contributed by atoms with Crippen LogP contribution >= 0.6 is 0 Å². The molecule has 0 spiro atoms. The van der Waals surface area contributed by atoms with Gasteiger partial charge in [-0.15, -0.1) is 0 Å². The third-order valence-electron chi connectivity index (χ3n) is 7.00. The smallest absolute Gasteiger partial charge is 0.419 e. The molecule has 0 radical (unpaired) electrons. The molecule has 0 amide bonds. The molecule has 1 saturated heterocycles. The molecule has 198 valence electrons. The van der Waals surface area contributed by atoms with E-state index in [9.17, 15) is 9.59 Å². The molecule has 2 aromatic carbocycles. The lowest BCUT2D eigenvalue weighted by molar-refractivity contribution is 0.0542. The molecule has 2 atom stereocenters. The quantitative estimate of drug-likeness (QED) is 0.390. The molecule has 3 aromatic rings. The summed E-state index contributed by atoms with van der Waals surface area (Å²) in [5.74, 6) is 0.587. The highest BCUT2D eigenvalue weighted by Crippen LogP contribution is 2.38. The third kappa shape index (κ3) is 5.67. The van der Waals surface area contributed by atoms with Crippen molar-refractivity contribution in [2.75, 3.05) is 26.7 Å². The van der Waals surface area contributed by atoms with Crippen molar-refractivity contribution in [3.05, 3.63) is 64.8 Å². The fraction of sp³-hybridized carbons (Fsp3) is 0.467. The number of esters is 1. The Kier molecular flexibility index (Phi) is 7.64. The average molecular weight is 507 g/mol. The van der Waals surface area contributed by atoms with Gasteiger partial charge < -0.3 is 19.1 Å². The predicted molar refractivity (Wildman–Crippen MR) is 145 cm³/mol. The van der Waals surface area contributed by atoms with Crippen molar-refractivity contribution < 1.29 is 23.8 Å². The SMILES string of the molecule is CCN1CC[C@@H](Oc2c(C)cc(C)c3c2ccn3C(=O)OC(C)(C)C)[C@H](c2ccc(C(=O)OC)cc2)C1. The molecule has 1 aromatic heterocycles. The summed E-state index contributed by atoms with van der Waals surface area (Å²) in [6, 6.07) is 11.7. The fourth-order valence-electron chi connectivity index (χ4n) is 5.19. The summed E-state index contributed by atoms with van der Waals surface area (Å²) >= 11 is 0. The summed E-state index contributed by atoms with van der Waals surface area (Å²) in [7, 11) is 1.39. The van der Waals surface area contributed by atoms with E-state index in [1.807, 2.05) is 65.0 Å². The molecule has 4 rings (SSSR count). The van der Waals surface area contributed by atoms with Crippen LogP contribution in [0.1, 0.15) is 67.1 Å². The number of methoxy groups -OCH3 is 1. The lowest BCUT2D eigenvalue weighted by Crippen LogP contribution is -2.44. The van der Waals surface area contributed by atoms with E-state index < -0.39 is 11.7 Å². The third-order valence-corrected chi connectivity index (χ3v) is 7.00. The molecule has 1 aliphatic rings. The first-order valence-corrected chi connectivity index (χ1v) is 12.9. The number of hydrogen-bond donors (Lipinski definition) is 0. The van der Waals surface area contributed by atoms with Crippen molar-refractivity contribution in [1.82, 2.24) is 9.47 Å². The molecule has 7 nitrogen and oxygen atoms in total. The van der Waals surface area contributed by atoms with Crippen LogP contribution in [0.25, 0.3) is 10.9 Å². The predicted octanol–water partition coefficient (Wildman–Crippen LogP) is 6.08. The second-order valence-electron chi connectivity index (χ2n) is 10.8. The number of likely N-dealkylation sites (tertiary alicyclic amines) is 1. The number of aryl methyl sites for hydroxylation is 2. The van der Waals surface area contributed by atoms with Crippen molar-refractivity contribution in [1.29, 1.82) is 0 Å². The molecule has 0 unspecified atom stereocenters. The number of hydrogen-bond acceptors (Lipinski definition) is 6. The summed E-state index contributed by atoms with van der Waals surface area (Å²) in [6.07, 6.45) is 2.18. The Bertz CT molecular complexity index is 1290. The van der Waals surface area contributed by atoms with Crippen molar-refractivity contribution in [2.24, 2.45) is 0 Å². The first-order valence-electron chi connectivity index (χ1n) is 12.9. The number of carbonyl (C=O) groups excluding carboxylic acids is 2. The van der Waals surface area contributed by atoms with Gasteiger partial charge in [0.15, 0.2) is 0 Å². The molecule has 1 fully saturated rings. The largest absolute Gasteiger partial charge is 0.489 e. The van der Waals surface area contributed by atoms with E-state index in [0.29, 0.717) is 5.56 Å². The van der Waals surface area contributed by atoms with Crippen LogP contribution in [-0.4, -0.2) is 60.0 Å². The standard InChI is InChI=1S/C30H38N2O5/c1-8-31-15-14-25(24(18-31)21-9-11-22(12-10-21)28(33)35-7)36-27-20(3)17-19(2)26-23(27)13-16-32(26)29(34)37-30(4,5)6/h9-13,16-17,24-25H,8,14-15,18H2,1-7H3/t24-,25+/m0/s1. The normalized spacial score (nSPS) is 18.6. The van der Waals surface area contributed by atoms with Gasteiger partial charge in [0.05, 0.1) is 18.2 Å². The highest BCUT2D eigenvalue weighted by atomic mass is 16.6. The van der Waals surface area contributed by atoms with E-state index >= 15 is 0 Å². The van der Waals surface area contributed by atoms with Gasteiger partial charge in [-0.2, -0.15) is 0 Å². The minimum atomic E-state index is -0.588. The van der Waals surface area contributed by atoms with Crippen LogP contribution in [0, 0.1) is 13.8 Å². The number of piperidine rings is 1. The Morgan fingerprint density at radius 3 is 2.38 bits per heavy atom. The van der Waals surface area contributed by atoms with E-state index in [1.54, 1.807) is 10.8 Å². The van der Waals surface area contributed by atoms with Gasteiger partial charge in [-0.1, -0.05) is 25.1 Å². The van der Waals surface area contributed by atoms with Crippen LogP contribution in [0.15, 0.2) is 42.6 Å². The molecule has 1 aliphatic heterocycles. The summed E-state index contributed by atoms with van der Waals surface area (Å²) in [5, 5.41) is 0.904. The number of benzene rings is 2. The Balaban J connectivity index is 1.69. The van der Waals surface area contributed by atoms with Gasteiger partial charge in [-0.25, -0.2) is 9.59 Å². The summed E-state index contributed by atoms with van der Waals surface area (Å²) in [5.41, 5.74) is 3.90. The molecule has 0 bridgehead atoms. The van der Waals surface area contributed by atoms with E-state index in [0.717, 1.165) is 59.4 Å². The van der Waals surface area contributed by atoms with E-state index in [-0.39, 0.29) is 18.0 Å². The van der Waals surface area contributed by atoms with Crippen molar-refractivity contribution in [2.45, 2.75) is 65.6 Å². The average Bonchev–Trinajstić information content (AvgIpc) is 3.31. The van der Waals surface area contributed by atoms with E-state index in [4.69, 9.17) is 14.2 Å². The maximum Gasteiger partial charge on any atom is 0.419 e. The minimum Gasteiger partial charge on any atom is -0.489 e. The Morgan fingerprint density at radius 2 is 1.76 bits per heavy atom. The molecule has 0 saturated carbocycles. The minimum absolute atomic E-state index is 0.0544. The van der Waals surface area contributed by atoms with Crippen LogP contribution in [0.5, 0.6) is 5.75 Å². The number of likely N-dealkylation sites (N-methyl/N-ethyl adjacent to an activating group) is 1. The van der Waals surface area contributed by atoms with Gasteiger partial charge in [0, 0.05) is 30.6 Å². The van der Waals surface area contributed by atoms with Crippen LogP contribution in [0.4, 0.5) is 4.79 Å². The number of fused-ring (bicyclic) bond motifs is 1. The maximum atomic E-state index is 12.9. The number of carbonyl (C=O) groups is 2. The molecular weight excluding hydrogens is 468 g/mol. The molecule has 2 heterocycles. The number of aromatic nitrogens is 1. The molecule has 37 heavy (non-hydrogen) atoms. The van der Waals surface area contributed by atoms with Crippen LogP contribution < -0.4 is 4.74 Å². The van der Waals surface area contributed by atoms with Gasteiger partial charge in [0.25, 0.3) is 0 Å². The zero-order chi connectivity index (χ0) is 26.9. The van der Waals surface area contributed by atoms with E-state index in [1.165, 1.54) is 7.11 Å². The monoisotopic (exact) mass is 506 g/mol. The van der Waals surface area contributed by atoms with Crippen molar-refractivity contribution in [3.8, 4) is 5.75 Å². The Labute approximate surface area is 219 Å². The number of ether oxygens (including phenoxy) is 3. The van der Waals surface area contributed by atoms with Crippen molar-refractivity contribution >= 4 is 23.0 Å². The zero-order valence-electron chi connectivity index (χ0n) is 23.0. The summed E-state index contributed by atoms with van der Waals surface area (Å²) in [6.45, 7) is 14.6. The zero-order valence-corrected chi connectivity index (χ0v) is 23.0. The summed E-state index contributed by atoms with van der Waals surface area (Å²) < 4.78 is 18.9. The molecule has 7 heteroatoms. The van der Waals surface area contributed by atoms with Crippen LogP contribution in [0.2, 0.25) is 0 Å². The first-order chi connectivity index (χ1) is 17.5.